The largest absolute Gasteiger partial charge is 0.480 e. The van der Waals surface area contributed by atoms with E-state index in [4.69, 9.17) is 5.11 Å². The molecule has 1 aromatic rings. The van der Waals surface area contributed by atoms with Crippen molar-refractivity contribution in [1.82, 2.24) is 0 Å². The van der Waals surface area contributed by atoms with Crippen molar-refractivity contribution in [3.63, 3.8) is 0 Å². The van der Waals surface area contributed by atoms with Crippen LogP contribution in [0.1, 0.15) is 5.56 Å². The van der Waals surface area contributed by atoms with Crippen LogP contribution in [0.25, 0.3) is 0 Å². The van der Waals surface area contributed by atoms with Gasteiger partial charge in [0.2, 0.25) is 5.91 Å². The number of halogens is 3. The Morgan fingerprint density at radius 3 is 2.42 bits per heavy atom. The summed E-state index contributed by atoms with van der Waals surface area (Å²) >= 11 is 0. The van der Waals surface area contributed by atoms with Gasteiger partial charge in [0.05, 0.1) is 11.3 Å². The van der Waals surface area contributed by atoms with Crippen molar-refractivity contribution in [3.8, 4) is 0 Å². The summed E-state index contributed by atoms with van der Waals surface area (Å²) in [5.41, 5.74) is -1.39. The molecule has 1 aromatic carbocycles. The quantitative estimate of drug-likeness (QED) is 0.859. The van der Waals surface area contributed by atoms with Gasteiger partial charge in [-0.1, -0.05) is 12.1 Å². The topological polar surface area (TPSA) is 75.6 Å². The number of carbonyl (C=O) groups excluding carboxylic acids is 1. The van der Waals surface area contributed by atoms with E-state index in [9.17, 15) is 22.8 Å². The molecule has 0 aromatic heterocycles. The molecule has 0 aliphatic rings. The minimum Gasteiger partial charge on any atom is -0.480 e. The standard InChI is InChI=1S/C11H10F3NO4/c12-11(13,14)7-3-1-2-4-8(7)15-9(16)5-19-6-10(17)18/h1-4H,5-6H2,(H,15,16)(H,17,18). The van der Waals surface area contributed by atoms with Gasteiger partial charge < -0.3 is 15.2 Å². The van der Waals surface area contributed by atoms with E-state index >= 15 is 0 Å². The molecule has 1 rings (SSSR count). The summed E-state index contributed by atoms with van der Waals surface area (Å²) in [7, 11) is 0. The number of benzene rings is 1. The number of alkyl halides is 3. The number of carboxylic acid groups (broad SMARTS) is 1. The molecular formula is C11H10F3NO4. The first-order valence-corrected chi connectivity index (χ1v) is 5.06. The van der Waals surface area contributed by atoms with Crippen LogP contribution in [0.4, 0.5) is 18.9 Å². The minimum atomic E-state index is -4.59. The van der Waals surface area contributed by atoms with Gasteiger partial charge in [-0.15, -0.1) is 0 Å². The number of amides is 1. The number of carbonyl (C=O) groups is 2. The van der Waals surface area contributed by atoms with Gasteiger partial charge in [-0.3, -0.25) is 4.79 Å². The summed E-state index contributed by atoms with van der Waals surface area (Å²) in [6.45, 7) is -1.34. The maximum atomic E-state index is 12.6. The van der Waals surface area contributed by atoms with Gasteiger partial charge in [0.15, 0.2) is 0 Å². The number of carboxylic acids is 1. The van der Waals surface area contributed by atoms with Crippen LogP contribution in [-0.4, -0.2) is 30.2 Å². The fraction of sp³-hybridized carbons (Fsp3) is 0.273. The van der Waals surface area contributed by atoms with Crippen LogP contribution in [0.5, 0.6) is 0 Å². The summed E-state index contributed by atoms with van der Waals surface area (Å²) in [6, 6.07) is 4.45. The second-order valence-electron chi connectivity index (χ2n) is 3.48. The van der Waals surface area contributed by atoms with Crippen LogP contribution in [-0.2, 0) is 20.5 Å². The van der Waals surface area contributed by atoms with Crippen molar-refractivity contribution in [2.75, 3.05) is 18.5 Å². The molecule has 0 aliphatic carbocycles. The van der Waals surface area contributed by atoms with E-state index < -0.39 is 42.5 Å². The lowest BCUT2D eigenvalue weighted by Gasteiger charge is -2.13. The van der Waals surface area contributed by atoms with Crippen LogP contribution in [0.3, 0.4) is 0 Å². The summed E-state index contributed by atoms with van der Waals surface area (Å²) in [5.74, 6) is -2.14. The Balaban J connectivity index is 2.67. The Hall–Kier alpha value is -2.09. The van der Waals surface area contributed by atoms with Crippen molar-refractivity contribution >= 4 is 17.6 Å². The normalized spacial score (nSPS) is 11.1. The van der Waals surface area contributed by atoms with Gasteiger partial charge in [-0.25, -0.2) is 4.79 Å². The van der Waals surface area contributed by atoms with E-state index in [2.05, 4.69) is 4.74 Å². The Labute approximate surface area is 106 Å². The van der Waals surface area contributed by atoms with Crippen molar-refractivity contribution in [2.24, 2.45) is 0 Å². The molecular weight excluding hydrogens is 267 g/mol. The van der Waals surface area contributed by atoms with Gasteiger partial charge in [0.25, 0.3) is 0 Å². The highest BCUT2D eigenvalue weighted by Crippen LogP contribution is 2.34. The lowest BCUT2D eigenvalue weighted by atomic mass is 10.1. The third-order valence-corrected chi connectivity index (χ3v) is 1.97. The van der Waals surface area contributed by atoms with Crippen LogP contribution < -0.4 is 5.32 Å². The summed E-state index contributed by atoms with van der Waals surface area (Å²) in [5, 5.41) is 10.3. The van der Waals surface area contributed by atoms with Crippen LogP contribution >= 0.6 is 0 Å². The number of aliphatic carboxylic acids is 1. The molecule has 0 unspecified atom stereocenters. The number of hydrogen-bond donors (Lipinski definition) is 2. The van der Waals surface area contributed by atoms with Gasteiger partial charge in [0, 0.05) is 0 Å². The molecule has 104 valence electrons. The average Bonchev–Trinajstić information content (AvgIpc) is 2.27. The van der Waals surface area contributed by atoms with E-state index in [1.54, 1.807) is 0 Å². The zero-order valence-corrected chi connectivity index (χ0v) is 9.53. The molecule has 0 radical (unpaired) electrons. The van der Waals surface area contributed by atoms with Crippen molar-refractivity contribution < 1.29 is 32.6 Å². The molecule has 19 heavy (non-hydrogen) atoms. The zero-order chi connectivity index (χ0) is 14.5. The number of anilines is 1. The average molecular weight is 277 g/mol. The van der Waals surface area contributed by atoms with Gasteiger partial charge in [-0.2, -0.15) is 13.2 Å². The highest BCUT2D eigenvalue weighted by molar-refractivity contribution is 5.92. The number of nitrogens with one attached hydrogen (secondary N) is 1. The first-order chi connectivity index (χ1) is 8.80. The first-order valence-electron chi connectivity index (χ1n) is 5.06. The Morgan fingerprint density at radius 1 is 1.21 bits per heavy atom. The van der Waals surface area contributed by atoms with Gasteiger partial charge in [-0.05, 0) is 12.1 Å². The Morgan fingerprint density at radius 2 is 1.84 bits per heavy atom. The zero-order valence-electron chi connectivity index (χ0n) is 9.53. The highest BCUT2D eigenvalue weighted by atomic mass is 19.4. The number of ether oxygens (including phenoxy) is 1. The summed E-state index contributed by atoms with van der Waals surface area (Å²) < 4.78 is 42.3. The maximum Gasteiger partial charge on any atom is 0.418 e. The van der Waals surface area contributed by atoms with E-state index in [0.717, 1.165) is 12.1 Å². The maximum absolute atomic E-state index is 12.6. The van der Waals surface area contributed by atoms with E-state index in [1.807, 2.05) is 5.32 Å². The van der Waals surface area contributed by atoms with Crippen LogP contribution in [0.2, 0.25) is 0 Å². The summed E-state index contributed by atoms with van der Waals surface area (Å²) in [6.07, 6.45) is -4.59. The summed E-state index contributed by atoms with van der Waals surface area (Å²) in [4.78, 5) is 21.4. The van der Waals surface area contributed by atoms with E-state index in [0.29, 0.717) is 0 Å². The Bertz CT molecular complexity index is 473. The van der Waals surface area contributed by atoms with Gasteiger partial charge in [0.1, 0.15) is 13.2 Å². The molecule has 0 aliphatic heterocycles. The molecule has 0 heterocycles. The Kier molecular flexibility index (Phi) is 4.87. The molecule has 0 spiro atoms. The van der Waals surface area contributed by atoms with E-state index in [-0.39, 0.29) is 0 Å². The fourth-order valence-corrected chi connectivity index (χ4v) is 1.26. The molecule has 8 heteroatoms. The molecule has 0 atom stereocenters. The van der Waals surface area contributed by atoms with Crippen molar-refractivity contribution in [3.05, 3.63) is 29.8 Å². The lowest BCUT2D eigenvalue weighted by molar-refractivity contribution is -0.143. The smallest absolute Gasteiger partial charge is 0.418 e. The first kappa shape index (κ1) is 15.0. The molecule has 5 nitrogen and oxygen atoms in total. The predicted octanol–water partition coefficient (Wildman–Crippen LogP) is 1.75. The van der Waals surface area contributed by atoms with Crippen molar-refractivity contribution in [1.29, 1.82) is 0 Å². The molecule has 2 N–H and O–H groups in total. The van der Waals surface area contributed by atoms with Gasteiger partial charge >= 0.3 is 12.1 Å². The third kappa shape index (κ3) is 4.96. The fourth-order valence-electron chi connectivity index (χ4n) is 1.26. The minimum absolute atomic E-state index is 0.404. The lowest BCUT2D eigenvalue weighted by Crippen LogP contribution is -2.22. The third-order valence-electron chi connectivity index (χ3n) is 1.97. The number of rotatable bonds is 5. The van der Waals surface area contributed by atoms with Crippen molar-refractivity contribution in [2.45, 2.75) is 6.18 Å². The van der Waals surface area contributed by atoms with E-state index in [1.165, 1.54) is 12.1 Å². The molecule has 0 bridgehead atoms. The molecule has 0 fully saturated rings. The SMILES string of the molecule is O=C(O)COCC(=O)Nc1ccccc1C(F)(F)F. The highest BCUT2D eigenvalue weighted by Gasteiger charge is 2.33. The molecule has 0 saturated carbocycles. The monoisotopic (exact) mass is 277 g/mol. The molecule has 0 saturated heterocycles. The molecule has 1 amide bonds. The predicted molar refractivity (Wildman–Crippen MR) is 58.5 cm³/mol. The number of hydrogen-bond acceptors (Lipinski definition) is 3. The second-order valence-corrected chi connectivity index (χ2v) is 3.48. The second kappa shape index (κ2) is 6.19. The van der Waals surface area contributed by atoms with Crippen LogP contribution in [0.15, 0.2) is 24.3 Å². The van der Waals surface area contributed by atoms with Crippen LogP contribution in [0, 0.1) is 0 Å². The number of para-hydroxylation sites is 1.